The van der Waals surface area contributed by atoms with E-state index in [0.717, 1.165) is 35.7 Å². The monoisotopic (exact) mass is 262 g/mol. The second-order valence-corrected chi connectivity index (χ2v) is 4.79. The van der Waals surface area contributed by atoms with E-state index >= 15 is 0 Å². The van der Waals surface area contributed by atoms with Gasteiger partial charge in [0.1, 0.15) is 11.9 Å². The summed E-state index contributed by atoms with van der Waals surface area (Å²) < 4.78 is 4.01. The van der Waals surface area contributed by atoms with E-state index in [-0.39, 0.29) is 6.04 Å². The van der Waals surface area contributed by atoms with Crippen molar-refractivity contribution in [2.24, 2.45) is 12.9 Å². The highest BCUT2D eigenvalue weighted by molar-refractivity contribution is 5.32. The van der Waals surface area contributed by atoms with Gasteiger partial charge in [-0.1, -0.05) is 6.92 Å². The lowest BCUT2D eigenvalue weighted by Gasteiger charge is -2.18. The molecule has 2 rings (SSSR count). The summed E-state index contributed by atoms with van der Waals surface area (Å²) >= 11 is 0. The third-order valence-electron chi connectivity index (χ3n) is 3.49. The number of hydrogen-bond donors (Lipinski definition) is 2. The first kappa shape index (κ1) is 13.8. The highest BCUT2D eigenvalue weighted by Crippen LogP contribution is 2.25. The molecule has 6 nitrogen and oxygen atoms in total. The van der Waals surface area contributed by atoms with Crippen LogP contribution in [0.25, 0.3) is 0 Å². The van der Waals surface area contributed by atoms with Gasteiger partial charge in [0, 0.05) is 37.2 Å². The highest BCUT2D eigenvalue weighted by Gasteiger charge is 2.24. The predicted molar refractivity (Wildman–Crippen MR) is 74.4 cm³/mol. The smallest absolute Gasteiger partial charge is 0.131 e. The number of aromatic nitrogens is 4. The molecule has 1 atom stereocenters. The number of hydrazine groups is 1. The number of nitrogens with one attached hydrogen (secondary N) is 1. The fourth-order valence-electron chi connectivity index (χ4n) is 2.51. The SMILES string of the molecule is CCCn1ccnc1C(NN)c1c(C)nn(C)c1C. The Bertz CT molecular complexity index is 553. The van der Waals surface area contributed by atoms with Crippen LogP contribution in [0, 0.1) is 13.8 Å². The second kappa shape index (κ2) is 5.54. The molecule has 0 saturated carbocycles. The molecule has 0 aliphatic carbocycles. The van der Waals surface area contributed by atoms with E-state index in [0.29, 0.717) is 0 Å². The maximum absolute atomic E-state index is 5.77. The van der Waals surface area contributed by atoms with Gasteiger partial charge in [-0.2, -0.15) is 5.10 Å². The summed E-state index contributed by atoms with van der Waals surface area (Å²) in [4.78, 5) is 4.46. The second-order valence-electron chi connectivity index (χ2n) is 4.79. The van der Waals surface area contributed by atoms with Crippen molar-refractivity contribution in [1.29, 1.82) is 0 Å². The summed E-state index contributed by atoms with van der Waals surface area (Å²) in [5, 5.41) is 4.45. The molecule has 0 radical (unpaired) electrons. The normalized spacial score (nSPS) is 12.9. The van der Waals surface area contributed by atoms with Gasteiger partial charge in [0.05, 0.1) is 5.69 Å². The molecule has 19 heavy (non-hydrogen) atoms. The third-order valence-corrected chi connectivity index (χ3v) is 3.49. The fraction of sp³-hybridized carbons (Fsp3) is 0.538. The van der Waals surface area contributed by atoms with Crippen LogP contribution >= 0.6 is 0 Å². The Balaban J connectivity index is 2.47. The van der Waals surface area contributed by atoms with Crippen LogP contribution in [0.15, 0.2) is 12.4 Å². The van der Waals surface area contributed by atoms with Crippen LogP contribution < -0.4 is 11.3 Å². The average molecular weight is 262 g/mol. The summed E-state index contributed by atoms with van der Waals surface area (Å²) in [6.45, 7) is 7.13. The number of aryl methyl sites for hydroxylation is 3. The molecule has 3 N–H and O–H groups in total. The fourth-order valence-corrected chi connectivity index (χ4v) is 2.51. The summed E-state index contributed by atoms with van der Waals surface area (Å²) in [5.41, 5.74) is 6.07. The molecular weight excluding hydrogens is 240 g/mol. The Kier molecular flexibility index (Phi) is 4.01. The van der Waals surface area contributed by atoms with Crippen LogP contribution in [0.5, 0.6) is 0 Å². The molecule has 0 fully saturated rings. The number of imidazole rings is 1. The van der Waals surface area contributed by atoms with Gasteiger partial charge in [-0.3, -0.25) is 10.5 Å². The van der Waals surface area contributed by atoms with Gasteiger partial charge in [0.25, 0.3) is 0 Å². The Morgan fingerprint density at radius 3 is 2.68 bits per heavy atom. The van der Waals surface area contributed by atoms with Crippen molar-refractivity contribution in [2.75, 3.05) is 0 Å². The molecule has 0 saturated heterocycles. The number of hydrogen-bond acceptors (Lipinski definition) is 4. The van der Waals surface area contributed by atoms with Crippen molar-refractivity contribution in [2.45, 2.75) is 39.8 Å². The lowest BCUT2D eigenvalue weighted by atomic mass is 10.0. The largest absolute Gasteiger partial charge is 0.333 e. The van der Waals surface area contributed by atoms with Crippen LogP contribution in [0.1, 0.15) is 42.2 Å². The van der Waals surface area contributed by atoms with Gasteiger partial charge in [-0.15, -0.1) is 0 Å². The minimum absolute atomic E-state index is 0.129. The van der Waals surface area contributed by atoms with Gasteiger partial charge in [-0.25, -0.2) is 10.4 Å². The Hall–Kier alpha value is -1.66. The average Bonchev–Trinajstić information content (AvgIpc) is 2.91. The van der Waals surface area contributed by atoms with Gasteiger partial charge >= 0.3 is 0 Å². The van der Waals surface area contributed by atoms with Crippen molar-refractivity contribution in [3.63, 3.8) is 0 Å². The minimum atomic E-state index is -0.129. The number of nitrogens with two attached hydrogens (primary N) is 1. The molecular formula is C13H22N6. The van der Waals surface area contributed by atoms with Crippen LogP contribution in [0.3, 0.4) is 0 Å². The van der Waals surface area contributed by atoms with E-state index in [9.17, 15) is 0 Å². The summed E-state index contributed by atoms with van der Waals surface area (Å²) in [5.74, 6) is 6.70. The molecule has 0 amide bonds. The van der Waals surface area contributed by atoms with Crippen LogP contribution in [0.4, 0.5) is 0 Å². The van der Waals surface area contributed by atoms with E-state index < -0.39 is 0 Å². The lowest BCUT2D eigenvalue weighted by Crippen LogP contribution is -2.32. The van der Waals surface area contributed by atoms with E-state index in [1.54, 1.807) is 0 Å². The zero-order chi connectivity index (χ0) is 14.0. The molecule has 1 unspecified atom stereocenters. The molecule has 0 spiro atoms. The molecule has 6 heteroatoms. The van der Waals surface area contributed by atoms with Crippen LogP contribution in [0.2, 0.25) is 0 Å². The first-order valence-corrected chi connectivity index (χ1v) is 6.57. The summed E-state index contributed by atoms with van der Waals surface area (Å²) in [6, 6.07) is -0.129. The zero-order valence-electron chi connectivity index (χ0n) is 12.0. The van der Waals surface area contributed by atoms with E-state index in [1.807, 2.05) is 38.0 Å². The Morgan fingerprint density at radius 1 is 1.42 bits per heavy atom. The van der Waals surface area contributed by atoms with Crippen LogP contribution in [-0.4, -0.2) is 19.3 Å². The van der Waals surface area contributed by atoms with Crippen molar-refractivity contribution in [3.05, 3.63) is 35.2 Å². The summed E-state index contributed by atoms with van der Waals surface area (Å²) in [6.07, 6.45) is 4.87. The lowest BCUT2D eigenvalue weighted by molar-refractivity contribution is 0.541. The van der Waals surface area contributed by atoms with Crippen molar-refractivity contribution >= 4 is 0 Å². The zero-order valence-corrected chi connectivity index (χ0v) is 12.0. The maximum atomic E-state index is 5.77. The minimum Gasteiger partial charge on any atom is -0.333 e. The molecule has 0 bridgehead atoms. The van der Waals surface area contributed by atoms with E-state index in [4.69, 9.17) is 5.84 Å². The van der Waals surface area contributed by atoms with E-state index in [1.165, 1.54) is 0 Å². The van der Waals surface area contributed by atoms with Gasteiger partial charge < -0.3 is 4.57 Å². The van der Waals surface area contributed by atoms with Crippen molar-refractivity contribution < 1.29 is 0 Å². The topological polar surface area (TPSA) is 73.7 Å². The molecule has 0 aliphatic rings. The molecule has 0 aliphatic heterocycles. The molecule has 2 heterocycles. The predicted octanol–water partition coefficient (Wildman–Crippen LogP) is 1.20. The number of rotatable bonds is 5. The Labute approximate surface area is 113 Å². The molecule has 0 aromatic carbocycles. The summed E-state index contributed by atoms with van der Waals surface area (Å²) in [7, 11) is 1.94. The maximum Gasteiger partial charge on any atom is 0.131 e. The van der Waals surface area contributed by atoms with Crippen molar-refractivity contribution in [1.82, 2.24) is 24.8 Å². The standard InChI is InChI=1S/C13H22N6/c1-5-7-19-8-6-15-13(19)12(16-14)11-9(2)17-18(4)10(11)3/h6,8,12,16H,5,7,14H2,1-4H3. The highest BCUT2D eigenvalue weighted by atomic mass is 15.3. The molecule has 104 valence electrons. The Morgan fingerprint density at radius 2 is 2.16 bits per heavy atom. The van der Waals surface area contributed by atoms with Crippen LogP contribution in [-0.2, 0) is 13.6 Å². The molecule has 2 aromatic heterocycles. The van der Waals surface area contributed by atoms with Gasteiger partial charge in [0.2, 0.25) is 0 Å². The van der Waals surface area contributed by atoms with Crippen molar-refractivity contribution in [3.8, 4) is 0 Å². The first-order chi connectivity index (χ1) is 9.10. The number of nitrogens with zero attached hydrogens (tertiary/aromatic N) is 4. The van der Waals surface area contributed by atoms with Gasteiger partial charge in [0.15, 0.2) is 0 Å². The van der Waals surface area contributed by atoms with E-state index in [2.05, 4.69) is 27.0 Å². The third kappa shape index (κ3) is 2.41. The van der Waals surface area contributed by atoms with Gasteiger partial charge in [-0.05, 0) is 20.3 Å². The molecule has 2 aromatic rings. The first-order valence-electron chi connectivity index (χ1n) is 6.57. The quantitative estimate of drug-likeness (QED) is 0.627.